The van der Waals surface area contributed by atoms with Gasteiger partial charge < -0.3 is 14.6 Å². The number of imidazole rings is 1. The molecule has 150 valence electrons. The van der Waals surface area contributed by atoms with E-state index in [0.29, 0.717) is 28.8 Å². The smallest absolute Gasteiger partial charge is 0.283 e. The van der Waals surface area contributed by atoms with Gasteiger partial charge in [0.25, 0.3) is 11.6 Å². The molecule has 1 unspecified atom stereocenters. The predicted octanol–water partition coefficient (Wildman–Crippen LogP) is 2.68. The van der Waals surface area contributed by atoms with Crippen LogP contribution >= 0.6 is 11.8 Å². The van der Waals surface area contributed by atoms with Crippen molar-refractivity contribution in [2.24, 2.45) is 7.05 Å². The summed E-state index contributed by atoms with van der Waals surface area (Å²) in [5.41, 5.74) is 0.148. The number of carbonyl (C=O) groups is 1. The minimum absolute atomic E-state index is 0.0394. The van der Waals surface area contributed by atoms with E-state index >= 15 is 0 Å². The molecule has 0 aliphatic carbocycles. The van der Waals surface area contributed by atoms with Crippen LogP contribution < -0.4 is 5.32 Å². The van der Waals surface area contributed by atoms with Crippen LogP contribution in [0.5, 0.6) is 0 Å². The van der Waals surface area contributed by atoms with Gasteiger partial charge in [-0.3, -0.25) is 14.9 Å². The highest BCUT2D eigenvalue weighted by Gasteiger charge is 2.19. The molecule has 0 bridgehead atoms. The molecular weight excluding hydrogens is 394 g/mol. The van der Waals surface area contributed by atoms with Gasteiger partial charge in [0.05, 0.1) is 15.9 Å². The highest BCUT2D eigenvalue weighted by molar-refractivity contribution is 7.99. The van der Waals surface area contributed by atoms with Crippen LogP contribution in [0.25, 0.3) is 6.08 Å². The summed E-state index contributed by atoms with van der Waals surface area (Å²) in [6.07, 6.45) is 6.48. The molecule has 1 amide bonds. The second-order valence-corrected chi connectivity index (χ2v) is 7.43. The molecular formula is C19H19N5O4S. The van der Waals surface area contributed by atoms with E-state index < -0.39 is 10.8 Å². The van der Waals surface area contributed by atoms with Crippen LogP contribution in [-0.4, -0.2) is 39.6 Å². The number of hydrogen-bond acceptors (Lipinski definition) is 7. The first-order chi connectivity index (χ1) is 14.0. The van der Waals surface area contributed by atoms with Gasteiger partial charge in [-0.1, -0.05) is 6.07 Å². The second kappa shape index (κ2) is 9.36. The van der Waals surface area contributed by atoms with Crippen LogP contribution in [0.4, 0.5) is 5.69 Å². The summed E-state index contributed by atoms with van der Waals surface area (Å²) in [5, 5.41) is 24.1. The number of amides is 1. The minimum atomic E-state index is -0.530. The highest BCUT2D eigenvalue weighted by Crippen LogP contribution is 2.34. The van der Waals surface area contributed by atoms with Crippen LogP contribution in [0.15, 0.2) is 46.2 Å². The summed E-state index contributed by atoms with van der Waals surface area (Å²) in [6.45, 7) is 1.00. The lowest BCUT2D eigenvalue weighted by atomic mass is 10.1. The van der Waals surface area contributed by atoms with Gasteiger partial charge in [-0.2, -0.15) is 5.26 Å². The summed E-state index contributed by atoms with van der Waals surface area (Å²) < 4.78 is 7.20. The molecule has 0 saturated carbocycles. The van der Waals surface area contributed by atoms with E-state index in [2.05, 4.69) is 10.3 Å². The third-order valence-corrected chi connectivity index (χ3v) is 5.49. The Morgan fingerprint density at radius 2 is 2.41 bits per heavy atom. The minimum Gasteiger partial charge on any atom is -0.376 e. The van der Waals surface area contributed by atoms with Crippen molar-refractivity contribution < 1.29 is 14.5 Å². The maximum absolute atomic E-state index is 12.3. The molecule has 1 saturated heterocycles. The van der Waals surface area contributed by atoms with Crippen molar-refractivity contribution in [3.05, 3.63) is 51.8 Å². The Hall–Kier alpha value is -3.16. The Labute approximate surface area is 171 Å². The maximum Gasteiger partial charge on any atom is 0.283 e. The second-order valence-electron chi connectivity index (χ2n) is 6.42. The van der Waals surface area contributed by atoms with Crippen molar-refractivity contribution in [3.8, 4) is 6.07 Å². The van der Waals surface area contributed by atoms with Gasteiger partial charge in [-0.15, -0.1) is 0 Å². The zero-order chi connectivity index (χ0) is 20.8. The van der Waals surface area contributed by atoms with Crippen molar-refractivity contribution in [1.82, 2.24) is 14.9 Å². The van der Waals surface area contributed by atoms with E-state index in [1.807, 2.05) is 6.07 Å². The molecule has 2 aromatic rings. The third-order valence-electron chi connectivity index (χ3n) is 4.35. The van der Waals surface area contributed by atoms with Crippen LogP contribution in [0, 0.1) is 21.4 Å². The summed E-state index contributed by atoms with van der Waals surface area (Å²) in [4.78, 5) is 27.9. The summed E-state index contributed by atoms with van der Waals surface area (Å²) in [5.74, 6) is -0.530. The number of rotatable bonds is 7. The molecule has 0 spiro atoms. The number of benzene rings is 1. The molecule has 1 atom stereocenters. The third kappa shape index (κ3) is 5.22. The van der Waals surface area contributed by atoms with Gasteiger partial charge in [0.2, 0.25) is 0 Å². The lowest BCUT2D eigenvalue weighted by Gasteiger charge is -2.10. The highest BCUT2D eigenvalue weighted by atomic mass is 32.2. The van der Waals surface area contributed by atoms with Gasteiger partial charge in [0, 0.05) is 38.7 Å². The number of ether oxygens (including phenoxy) is 1. The monoisotopic (exact) mass is 413 g/mol. The Morgan fingerprint density at radius 3 is 3.03 bits per heavy atom. The molecule has 29 heavy (non-hydrogen) atoms. The number of nitro groups is 1. The number of aromatic nitrogens is 2. The molecule has 1 fully saturated rings. The van der Waals surface area contributed by atoms with Crippen LogP contribution in [0.3, 0.4) is 0 Å². The van der Waals surface area contributed by atoms with Gasteiger partial charge >= 0.3 is 0 Å². The fourth-order valence-corrected chi connectivity index (χ4v) is 3.71. The normalized spacial score (nSPS) is 16.4. The summed E-state index contributed by atoms with van der Waals surface area (Å²) in [6, 6.07) is 6.41. The summed E-state index contributed by atoms with van der Waals surface area (Å²) >= 11 is 1.17. The molecule has 2 heterocycles. The van der Waals surface area contributed by atoms with Crippen molar-refractivity contribution in [3.63, 3.8) is 0 Å². The van der Waals surface area contributed by atoms with E-state index in [1.165, 1.54) is 23.9 Å². The first kappa shape index (κ1) is 20.6. The number of nitro benzene ring substituents is 1. The van der Waals surface area contributed by atoms with Crippen LogP contribution in [-0.2, 0) is 16.6 Å². The number of carbonyl (C=O) groups excluding carboxylic acids is 1. The predicted molar refractivity (Wildman–Crippen MR) is 106 cm³/mol. The lowest BCUT2D eigenvalue weighted by Crippen LogP contribution is -2.32. The van der Waals surface area contributed by atoms with Crippen LogP contribution in [0.2, 0.25) is 0 Å². The Bertz CT molecular complexity index is 989. The zero-order valence-corrected chi connectivity index (χ0v) is 16.5. The van der Waals surface area contributed by atoms with Crippen molar-refractivity contribution >= 4 is 29.4 Å². The summed E-state index contributed by atoms with van der Waals surface area (Å²) in [7, 11) is 1.80. The Morgan fingerprint density at radius 1 is 1.59 bits per heavy atom. The first-order valence-electron chi connectivity index (χ1n) is 8.93. The fraction of sp³-hybridized carbons (Fsp3) is 0.316. The first-order valence-corrected chi connectivity index (χ1v) is 9.75. The largest absolute Gasteiger partial charge is 0.376 e. The molecule has 1 aromatic carbocycles. The van der Waals surface area contributed by atoms with E-state index in [-0.39, 0.29) is 17.4 Å². The van der Waals surface area contributed by atoms with E-state index in [0.717, 1.165) is 12.8 Å². The fourth-order valence-electron chi connectivity index (χ4n) is 2.82. The molecule has 0 radical (unpaired) electrons. The van der Waals surface area contributed by atoms with Crippen molar-refractivity contribution in [2.45, 2.75) is 29.0 Å². The number of aryl methyl sites for hydroxylation is 1. The molecule has 1 aliphatic heterocycles. The Balaban J connectivity index is 1.78. The SMILES string of the molecule is Cn1ccnc1Sc1ccc(/C=C(\C#N)C(=O)NCC2CCCO2)cc1[N+](=O)[O-]. The Kier molecular flexibility index (Phi) is 6.64. The molecule has 1 N–H and O–H groups in total. The standard InChI is InChI=1S/C19H19N5O4S/c1-23-7-6-21-19(23)29-17-5-4-13(10-16(17)24(26)27)9-14(11-20)18(25)22-12-15-3-2-8-28-15/h4-7,9-10,15H,2-3,8,12H2,1H3,(H,22,25)/b14-9+. The van der Waals surface area contributed by atoms with E-state index in [4.69, 9.17) is 4.74 Å². The molecule has 10 heteroatoms. The molecule has 1 aliphatic rings. The molecule has 3 rings (SSSR count). The maximum atomic E-state index is 12.3. The zero-order valence-electron chi connectivity index (χ0n) is 15.7. The molecule has 1 aromatic heterocycles. The van der Waals surface area contributed by atoms with Crippen LogP contribution in [0.1, 0.15) is 18.4 Å². The number of nitrogens with one attached hydrogen (secondary N) is 1. The topological polar surface area (TPSA) is 123 Å². The number of hydrogen-bond donors (Lipinski definition) is 1. The quantitative estimate of drug-likeness (QED) is 0.320. The van der Waals surface area contributed by atoms with Gasteiger partial charge in [-0.05, 0) is 42.3 Å². The van der Waals surface area contributed by atoms with Gasteiger partial charge in [-0.25, -0.2) is 4.98 Å². The lowest BCUT2D eigenvalue weighted by molar-refractivity contribution is -0.387. The molecule has 9 nitrogen and oxygen atoms in total. The average molecular weight is 413 g/mol. The van der Waals surface area contributed by atoms with Gasteiger partial charge in [0.1, 0.15) is 11.6 Å². The average Bonchev–Trinajstić information content (AvgIpc) is 3.37. The number of nitriles is 1. The number of nitrogens with zero attached hydrogens (tertiary/aromatic N) is 4. The van der Waals surface area contributed by atoms with Gasteiger partial charge in [0.15, 0.2) is 5.16 Å². The van der Waals surface area contributed by atoms with E-state index in [9.17, 15) is 20.2 Å². The van der Waals surface area contributed by atoms with E-state index in [1.54, 1.807) is 36.1 Å². The van der Waals surface area contributed by atoms with Crippen molar-refractivity contribution in [2.75, 3.05) is 13.2 Å². The van der Waals surface area contributed by atoms with Crippen molar-refractivity contribution in [1.29, 1.82) is 5.26 Å².